The Bertz CT molecular complexity index is 655. The lowest BCUT2D eigenvalue weighted by atomic mass is 9.88. The minimum absolute atomic E-state index is 0.0263. The van der Waals surface area contributed by atoms with E-state index < -0.39 is 0 Å². The van der Waals surface area contributed by atoms with Crippen LogP contribution in [0, 0.1) is 0 Å². The van der Waals surface area contributed by atoms with Crippen LogP contribution in [-0.2, 0) is 4.74 Å². The molecule has 150 valence electrons. The van der Waals surface area contributed by atoms with Gasteiger partial charge < -0.3 is 15.4 Å². The minimum atomic E-state index is 0.0263. The summed E-state index contributed by atoms with van der Waals surface area (Å²) in [4.78, 5) is 7.07. The van der Waals surface area contributed by atoms with Gasteiger partial charge >= 0.3 is 0 Å². The third-order valence-electron chi connectivity index (χ3n) is 5.79. The second kappa shape index (κ2) is 9.46. The first-order valence-corrected chi connectivity index (χ1v) is 10.5. The molecule has 2 aliphatic rings. The van der Waals surface area contributed by atoms with E-state index in [1.807, 2.05) is 12.1 Å². The van der Waals surface area contributed by atoms with Gasteiger partial charge in [-0.3, -0.25) is 9.89 Å². The highest BCUT2D eigenvalue weighted by atomic mass is 35.5. The molecule has 1 unspecified atom stereocenters. The zero-order chi connectivity index (χ0) is 19.3. The number of nitrogens with zero attached hydrogens (tertiary/aromatic N) is 2. The molecule has 2 heterocycles. The Balaban J connectivity index is 1.63. The van der Waals surface area contributed by atoms with Crippen molar-refractivity contribution in [3.8, 4) is 0 Å². The molecule has 0 aliphatic carbocycles. The molecule has 5 nitrogen and oxygen atoms in total. The number of rotatable bonds is 5. The van der Waals surface area contributed by atoms with Crippen LogP contribution in [0.5, 0.6) is 0 Å². The average molecular weight is 413 g/mol. The Labute approximate surface area is 172 Å². The van der Waals surface area contributed by atoms with Gasteiger partial charge in [0.1, 0.15) is 0 Å². The lowest BCUT2D eigenvalue weighted by Crippen LogP contribution is -2.58. The fourth-order valence-corrected chi connectivity index (χ4v) is 4.70. The monoisotopic (exact) mass is 412 g/mol. The van der Waals surface area contributed by atoms with Crippen molar-refractivity contribution in [3.05, 3.63) is 33.8 Å². The summed E-state index contributed by atoms with van der Waals surface area (Å²) in [6, 6.07) is 5.62. The second-order valence-corrected chi connectivity index (χ2v) is 8.33. The molecule has 1 atom stereocenters. The average Bonchev–Trinajstić information content (AvgIpc) is 3.21. The van der Waals surface area contributed by atoms with E-state index in [4.69, 9.17) is 27.9 Å². The van der Waals surface area contributed by atoms with Gasteiger partial charge in [-0.1, -0.05) is 29.3 Å². The second-order valence-electron chi connectivity index (χ2n) is 7.49. The van der Waals surface area contributed by atoms with Gasteiger partial charge in [-0.25, -0.2) is 0 Å². The summed E-state index contributed by atoms with van der Waals surface area (Å²) in [5.74, 6) is 0.790. The predicted molar refractivity (Wildman–Crippen MR) is 113 cm³/mol. The number of likely N-dealkylation sites (tertiary alicyclic amines) is 1. The molecule has 0 saturated carbocycles. The van der Waals surface area contributed by atoms with Crippen LogP contribution in [0.15, 0.2) is 23.2 Å². The van der Waals surface area contributed by atoms with Crippen LogP contribution in [0.4, 0.5) is 0 Å². The van der Waals surface area contributed by atoms with Crippen molar-refractivity contribution < 1.29 is 4.74 Å². The molecular weight excluding hydrogens is 383 g/mol. The molecule has 0 bridgehead atoms. The molecule has 0 aromatic heterocycles. The highest BCUT2D eigenvalue weighted by Gasteiger charge is 2.39. The first-order chi connectivity index (χ1) is 13.0. The van der Waals surface area contributed by atoms with E-state index >= 15 is 0 Å². The molecular formula is C20H30Cl2N4O. The Kier molecular flexibility index (Phi) is 7.26. The van der Waals surface area contributed by atoms with Crippen LogP contribution in [0.1, 0.15) is 44.2 Å². The van der Waals surface area contributed by atoms with Crippen LogP contribution < -0.4 is 10.6 Å². The molecule has 7 heteroatoms. The quantitative estimate of drug-likeness (QED) is 0.569. The van der Waals surface area contributed by atoms with Crippen molar-refractivity contribution in [2.24, 2.45) is 4.99 Å². The molecule has 1 aromatic carbocycles. The Hall–Kier alpha value is -1.01. The van der Waals surface area contributed by atoms with Crippen molar-refractivity contribution in [1.29, 1.82) is 0 Å². The number of hydrogen-bond acceptors (Lipinski definition) is 3. The number of hydrogen-bond donors (Lipinski definition) is 2. The third-order valence-corrected chi connectivity index (χ3v) is 6.35. The van der Waals surface area contributed by atoms with Gasteiger partial charge in [0.2, 0.25) is 0 Å². The maximum absolute atomic E-state index is 6.35. The number of nitrogens with one attached hydrogen (secondary N) is 2. The number of halogens is 2. The maximum atomic E-state index is 6.35. The number of aliphatic imine (C=N–C) groups is 1. The fourth-order valence-electron chi connectivity index (χ4n) is 4.13. The van der Waals surface area contributed by atoms with Crippen molar-refractivity contribution in [3.63, 3.8) is 0 Å². The largest absolute Gasteiger partial charge is 0.381 e. The predicted octanol–water partition coefficient (Wildman–Crippen LogP) is 3.86. The van der Waals surface area contributed by atoms with Gasteiger partial charge in [-0.2, -0.15) is 0 Å². The number of guanidine groups is 1. The van der Waals surface area contributed by atoms with E-state index in [1.165, 1.54) is 25.9 Å². The van der Waals surface area contributed by atoms with Crippen LogP contribution in [0.3, 0.4) is 0 Å². The number of ether oxygens (including phenoxy) is 1. The molecule has 2 fully saturated rings. The topological polar surface area (TPSA) is 48.9 Å². The van der Waals surface area contributed by atoms with Crippen LogP contribution in [-0.4, -0.2) is 56.3 Å². The highest BCUT2D eigenvalue weighted by Crippen LogP contribution is 2.31. The smallest absolute Gasteiger partial charge is 0.191 e. The minimum Gasteiger partial charge on any atom is -0.381 e. The van der Waals surface area contributed by atoms with E-state index in [0.717, 1.165) is 44.1 Å². The van der Waals surface area contributed by atoms with Crippen molar-refractivity contribution >= 4 is 29.2 Å². The van der Waals surface area contributed by atoms with Crippen LogP contribution >= 0.6 is 23.2 Å². The molecule has 2 saturated heterocycles. The molecule has 0 radical (unpaired) electrons. The fraction of sp³-hybridized carbons (Fsp3) is 0.650. The van der Waals surface area contributed by atoms with Gasteiger partial charge in [-0.15, -0.1) is 0 Å². The summed E-state index contributed by atoms with van der Waals surface area (Å²) in [6.45, 7) is 6.99. The zero-order valence-corrected chi connectivity index (χ0v) is 17.7. The molecule has 0 amide bonds. The first kappa shape index (κ1) is 20.7. The maximum Gasteiger partial charge on any atom is 0.191 e. The summed E-state index contributed by atoms with van der Waals surface area (Å²) in [5.41, 5.74) is 1.16. The molecule has 2 aliphatic heterocycles. The number of benzene rings is 1. The lowest BCUT2D eigenvalue weighted by molar-refractivity contribution is -0.0164. The Morgan fingerprint density at radius 1 is 1.26 bits per heavy atom. The summed E-state index contributed by atoms with van der Waals surface area (Å²) < 4.78 is 5.64. The van der Waals surface area contributed by atoms with E-state index in [9.17, 15) is 0 Å². The normalized spacial score (nSPS) is 21.9. The standard InChI is InChI=1S/C20H30Cl2N4O/c1-15(17-6-5-16(21)13-18(17)22)25-19(23-2)24-14-20(7-11-27-12-8-20)26-9-3-4-10-26/h5-6,13,15H,3-4,7-12,14H2,1-2H3,(H2,23,24,25). The third kappa shape index (κ3) is 5.08. The summed E-state index contributed by atoms with van der Waals surface area (Å²) >= 11 is 12.4. The van der Waals surface area contributed by atoms with Crippen molar-refractivity contribution in [2.75, 3.05) is 39.9 Å². The summed E-state index contributed by atoms with van der Waals surface area (Å²) in [5, 5.41) is 8.32. The van der Waals surface area contributed by atoms with Crippen LogP contribution in [0.2, 0.25) is 10.0 Å². The van der Waals surface area contributed by atoms with Gasteiger partial charge in [0, 0.05) is 42.4 Å². The first-order valence-electron chi connectivity index (χ1n) is 9.79. The molecule has 27 heavy (non-hydrogen) atoms. The summed E-state index contributed by atoms with van der Waals surface area (Å²) in [7, 11) is 1.80. The zero-order valence-electron chi connectivity index (χ0n) is 16.2. The van der Waals surface area contributed by atoms with E-state index in [-0.39, 0.29) is 11.6 Å². The van der Waals surface area contributed by atoms with E-state index in [0.29, 0.717) is 10.0 Å². The van der Waals surface area contributed by atoms with Crippen molar-refractivity contribution in [1.82, 2.24) is 15.5 Å². The summed E-state index contributed by atoms with van der Waals surface area (Å²) in [6.07, 6.45) is 4.72. The van der Waals surface area contributed by atoms with E-state index in [1.54, 1.807) is 13.1 Å². The van der Waals surface area contributed by atoms with Gasteiger partial charge in [0.25, 0.3) is 0 Å². The van der Waals surface area contributed by atoms with E-state index in [2.05, 4.69) is 27.4 Å². The molecule has 2 N–H and O–H groups in total. The Morgan fingerprint density at radius 2 is 1.96 bits per heavy atom. The molecule has 0 spiro atoms. The van der Waals surface area contributed by atoms with Crippen LogP contribution in [0.25, 0.3) is 0 Å². The highest BCUT2D eigenvalue weighted by molar-refractivity contribution is 6.35. The molecule has 1 aromatic rings. The van der Waals surface area contributed by atoms with Crippen molar-refractivity contribution in [2.45, 2.75) is 44.2 Å². The SMILES string of the molecule is CN=C(NCC1(N2CCCC2)CCOCC1)NC(C)c1ccc(Cl)cc1Cl. The van der Waals surface area contributed by atoms with Gasteiger partial charge in [0.15, 0.2) is 5.96 Å². The lowest BCUT2D eigenvalue weighted by Gasteiger charge is -2.45. The molecule has 3 rings (SSSR count). The Morgan fingerprint density at radius 3 is 2.59 bits per heavy atom. The van der Waals surface area contributed by atoms with Gasteiger partial charge in [0.05, 0.1) is 6.04 Å². The van der Waals surface area contributed by atoms with Gasteiger partial charge in [-0.05, 0) is 63.4 Å².